The molecule has 0 amide bonds. The number of nitrogens with zero attached hydrogens (tertiary/aromatic N) is 2. The molecule has 0 saturated heterocycles. The first-order chi connectivity index (χ1) is 11.6. The Labute approximate surface area is 141 Å². The van der Waals surface area contributed by atoms with Crippen molar-refractivity contribution >= 4 is 40.1 Å². The number of hydrogen-bond acceptors (Lipinski definition) is 7. The standard InChI is InChI=1S/C15H14ClN3O5/c1-22-14(20)9-6-24-7-19(13(9)15(21)23-2)12-4-11-8(3-10(12)16)5-17-18-11/h3-5H,6-7H2,1-2H3,(H,17,18). The van der Waals surface area contributed by atoms with Crippen LogP contribution in [0, 0.1) is 0 Å². The fraction of sp³-hybridized carbons (Fsp3) is 0.267. The number of ether oxygens (including phenoxy) is 3. The van der Waals surface area contributed by atoms with Crippen LogP contribution in [0.4, 0.5) is 5.69 Å². The molecule has 9 heteroatoms. The first kappa shape index (κ1) is 16.3. The van der Waals surface area contributed by atoms with E-state index in [0.717, 1.165) is 10.9 Å². The van der Waals surface area contributed by atoms with E-state index in [1.165, 1.54) is 19.1 Å². The number of esters is 2. The third-order valence-corrected chi connectivity index (χ3v) is 3.93. The molecule has 0 unspecified atom stereocenters. The van der Waals surface area contributed by atoms with Gasteiger partial charge in [0.05, 0.1) is 48.8 Å². The summed E-state index contributed by atoms with van der Waals surface area (Å²) in [6, 6.07) is 3.42. The molecule has 0 aliphatic carbocycles. The Bertz CT molecular complexity index is 845. The van der Waals surface area contributed by atoms with Crippen LogP contribution in [-0.2, 0) is 23.8 Å². The molecular formula is C15H14ClN3O5. The van der Waals surface area contributed by atoms with Crippen LogP contribution in [0.1, 0.15) is 0 Å². The average molecular weight is 352 g/mol. The predicted octanol–water partition coefficient (Wildman–Crippen LogP) is 1.61. The molecule has 0 fully saturated rings. The topological polar surface area (TPSA) is 93.8 Å². The summed E-state index contributed by atoms with van der Waals surface area (Å²) in [7, 11) is 2.46. The molecule has 1 aromatic heterocycles. The molecule has 3 rings (SSSR count). The normalized spacial score (nSPS) is 14.9. The monoisotopic (exact) mass is 351 g/mol. The minimum Gasteiger partial charge on any atom is -0.466 e. The van der Waals surface area contributed by atoms with Crippen LogP contribution in [-0.4, -0.2) is 49.7 Å². The van der Waals surface area contributed by atoms with Gasteiger partial charge in [-0.15, -0.1) is 0 Å². The van der Waals surface area contributed by atoms with Crippen LogP contribution in [0.3, 0.4) is 0 Å². The van der Waals surface area contributed by atoms with Gasteiger partial charge in [-0.1, -0.05) is 11.6 Å². The number of fused-ring (bicyclic) bond motifs is 1. The number of H-pyrrole nitrogens is 1. The highest BCUT2D eigenvalue weighted by atomic mass is 35.5. The van der Waals surface area contributed by atoms with Gasteiger partial charge in [-0.3, -0.25) is 5.10 Å². The molecule has 2 aromatic rings. The fourth-order valence-corrected chi connectivity index (χ4v) is 2.77. The molecule has 1 N–H and O–H groups in total. The van der Waals surface area contributed by atoms with Crippen molar-refractivity contribution in [2.45, 2.75) is 0 Å². The molecule has 8 nitrogen and oxygen atoms in total. The molecule has 0 radical (unpaired) electrons. The lowest BCUT2D eigenvalue weighted by molar-refractivity contribution is -0.140. The van der Waals surface area contributed by atoms with Gasteiger partial charge in [0.15, 0.2) is 0 Å². The first-order valence-electron chi connectivity index (χ1n) is 6.94. The van der Waals surface area contributed by atoms with Gasteiger partial charge in [0.1, 0.15) is 12.4 Å². The van der Waals surface area contributed by atoms with Gasteiger partial charge in [-0.2, -0.15) is 5.10 Å². The number of benzene rings is 1. The summed E-state index contributed by atoms with van der Waals surface area (Å²) in [6.07, 6.45) is 1.63. The lowest BCUT2D eigenvalue weighted by Gasteiger charge is -2.31. The van der Waals surface area contributed by atoms with Crippen molar-refractivity contribution in [1.82, 2.24) is 10.2 Å². The van der Waals surface area contributed by atoms with Crippen molar-refractivity contribution in [1.29, 1.82) is 0 Å². The first-order valence-corrected chi connectivity index (χ1v) is 7.32. The summed E-state index contributed by atoms with van der Waals surface area (Å²) < 4.78 is 15.0. The molecule has 0 spiro atoms. The van der Waals surface area contributed by atoms with Crippen LogP contribution in [0.25, 0.3) is 10.9 Å². The Balaban J connectivity index is 2.17. The third kappa shape index (κ3) is 2.70. The summed E-state index contributed by atoms with van der Waals surface area (Å²) in [4.78, 5) is 25.7. The van der Waals surface area contributed by atoms with E-state index in [1.54, 1.807) is 18.3 Å². The zero-order chi connectivity index (χ0) is 17.3. The lowest BCUT2D eigenvalue weighted by atomic mass is 10.1. The Morgan fingerprint density at radius 3 is 2.75 bits per heavy atom. The maximum absolute atomic E-state index is 12.3. The van der Waals surface area contributed by atoms with Crippen molar-refractivity contribution < 1.29 is 23.8 Å². The van der Waals surface area contributed by atoms with Gasteiger partial charge < -0.3 is 19.1 Å². The molecule has 24 heavy (non-hydrogen) atoms. The quantitative estimate of drug-likeness (QED) is 0.839. The van der Waals surface area contributed by atoms with Crippen LogP contribution in [0.2, 0.25) is 5.02 Å². The highest BCUT2D eigenvalue weighted by molar-refractivity contribution is 6.34. The van der Waals surface area contributed by atoms with Crippen molar-refractivity contribution in [2.75, 3.05) is 32.5 Å². The van der Waals surface area contributed by atoms with Crippen molar-refractivity contribution in [3.05, 3.63) is 34.6 Å². The number of halogens is 1. The minimum atomic E-state index is -0.681. The summed E-state index contributed by atoms with van der Waals surface area (Å²) in [5.74, 6) is -1.35. The lowest BCUT2D eigenvalue weighted by Crippen LogP contribution is -2.38. The molecular weight excluding hydrogens is 338 g/mol. The van der Waals surface area contributed by atoms with Crippen LogP contribution in [0.15, 0.2) is 29.6 Å². The Kier molecular flexibility index (Phi) is 4.41. The SMILES string of the molecule is COC(=O)C1=C(C(=O)OC)N(c2cc3[nH]ncc3cc2Cl)COC1. The number of methoxy groups -OCH3 is 2. The molecule has 2 heterocycles. The number of carbonyl (C=O) groups excluding carboxylic acids is 2. The Hall–Kier alpha value is -2.58. The van der Waals surface area contributed by atoms with E-state index >= 15 is 0 Å². The van der Waals surface area contributed by atoms with E-state index < -0.39 is 11.9 Å². The van der Waals surface area contributed by atoms with E-state index in [9.17, 15) is 9.59 Å². The summed E-state index contributed by atoms with van der Waals surface area (Å²) in [5, 5.41) is 7.97. The number of aromatic nitrogens is 2. The van der Waals surface area contributed by atoms with E-state index in [-0.39, 0.29) is 24.6 Å². The largest absolute Gasteiger partial charge is 0.466 e. The van der Waals surface area contributed by atoms with Gasteiger partial charge in [-0.25, -0.2) is 9.59 Å². The maximum atomic E-state index is 12.3. The number of nitrogens with one attached hydrogen (secondary N) is 1. The minimum absolute atomic E-state index is 0.0320. The Morgan fingerprint density at radius 2 is 2.04 bits per heavy atom. The fourth-order valence-electron chi connectivity index (χ4n) is 2.49. The average Bonchev–Trinajstić information content (AvgIpc) is 3.06. The molecule has 1 aliphatic heterocycles. The van der Waals surface area contributed by atoms with Crippen molar-refractivity contribution in [2.24, 2.45) is 0 Å². The van der Waals surface area contributed by atoms with Gasteiger partial charge >= 0.3 is 11.9 Å². The summed E-state index contributed by atoms with van der Waals surface area (Å²) >= 11 is 6.34. The number of aromatic amines is 1. The highest BCUT2D eigenvalue weighted by Crippen LogP contribution is 2.35. The van der Waals surface area contributed by atoms with Crippen molar-refractivity contribution in [3.63, 3.8) is 0 Å². The number of carbonyl (C=O) groups is 2. The molecule has 0 bridgehead atoms. The third-order valence-electron chi connectivity index (χ3n) is 3.63. The molecule has 1 aliphatic rings. The van der Waals surface area contributed by atoms with Gasteiger partial charge in [0.2, 0.25) is 0 Å². The predicted molar refractivity (Wildman–Crippen MR) is 85.5 cm³/mol. The molecule has 126 valence electrons. The van der Waals surface area contributed by atoms with Crippen LogP contribution < -0.4 is 4.90 Å². The van der Waals surface area contributed by atoms with Gasteiger partial charge in [-0.05, 0) is 12.1 Å². The second-order valence-electron chi connectivity index (χ2n) is 4.98. The summed E-state index contributed by atoms with van der Waals surface area (Å²) in [5.41, 5.74) is 1.31. The Morgan fingerprint density at radius 1 is 1.29 bits per heavy atom. The van der Waals surface area contributed by atoms with Crippen molar-refractivity contribution in [3.8, 4) is 0 Å². The van der Waals surface area contributed by atoms with E-state index in [4.69, 9.17) is 25.8 Å². The highest BCUT2D eigenvalue weighted by Gasteiger charge is 2.33. The number of rotatable bonds is 3. The zero-order valence-corrected chi connectivity index (χ0v) is 13.7. The smallest absolute Gasteiger partial charge is 0.355 e. The van der Waals surface area contributed by atoms with Gasteiger partial charge in [0.25, 0.3) is 0 Å². The summed E-state index contributed by atoms with van der Waals surface area (Å²) in [6.45, 7) is -0.0260. The number of anilines is 1. The van der Waals surface area contributed by atoms with E-state index in [1.807, 2.05) is 0 Å². The van der Waals surface area contributed by atoms with E-state index in [0.29, 0.717) is 10.7 Å². The second-order valence-corrected chi connectivity index (χ2v) is 5.38. The molecule has 1 aromatic carbocycles. The zero-order valence-electron chi connectivity index (χ0n) is 13.0. The van der Waals surface area contributed by atoms with Crippen LogP contribution >= 0.6 is 11.6 Å². The van der Waals surface area contributed by atoms with E-state index in [2.05, 4.69) is 10.2 Å². The van der Waals surface area contributed by atoms with Gasteiger partial charge in [0, 0.05) is 5.39 Å². The van der Waals surface area contributed by atoms with Crippen LogP contribution in [0.5, 0.6) is 0 Å². The number of hydrogen-bond donors (Lipinski definition) is 1. The second kappa shape index (κ2) is 6.50. The maximum Gasteiger partial charge on any atom is 0.355 e. The molecule has 0 atom stereocenters. The molecule has 0 saturated carbocycles.